The molecule has 0 amide bonds. The molecule has 3 aromatic rings. The maximum atomic E-state index is 5.80. The topological polar surface area (TPSA) is 64.7 Å². The van der Waals surface area contributed by atoms with E-state index in [1.54, 1.807) is 0 Å². The molecular formula is C16H16N4S. The molecule has 0 aliphatic heterocycles. The molecule has 0 atom stereocenters. The molecule has 1 aliphatic carbocycles. The molecule has 1 aliphatic rings. The van der Waals surface area contributed by atoms with Crippen molar-refractivity contribution in [3.8, 4) is 10.6 Å². The van der Waals surface area contributed by atoms with Crippen molar-refractivity contribution in [3.63, 3.8) is 0 Å². The van der Waals surface area contributed by atoms with Gasteiger partial charge in [-0.25, -0.2) is 0 Å². The summed E-state index contributed by atoms with van der Waals surface area (Å²) < 4.78 is 0. The van der Waals surface area contributed by atoms with Crippen LogP contribution in [0.2, 0.25) is 0 Å². The highest BCUT2D eigenvalue weighted by Gasteiger charge is 2.23. The molecule has 0 bridgehead atoms. The number of nitrogens with zero attached hydrogens (tertiary/aromatic N) is 3. The average molecular weight is 296 g/mol. The predicted molar refractivity (Wildman–Crippen MR) is 86.6 cm³/mol. The van der Waals surface area contributed by atoms with Crippen molar-refractivity contribution in [2.24, 2.45) is 0 Å². The minimum atomic E-state index is 0.520. The number of nitrogen functional groups attached to an aromatic ring is 1. The molecule has 2 heterocycles. The van der Waals surface area contributed by atoms with Crippen molar-refractivity contribution in [2.75, 3.05) is 5.73 Å². The third-order valence-electron chi connectivity index (χ3n) is 4.11. The Bertz CT molecular complexity index is 866. The normalized spacial score (nSPS) is 13.8. The molecule has 0 saturated carbocycles. The number of hydrogen-bond acceptors (Lipinski definition) is 5. The zero-order chi connectivity index (χ0) is 14.6. The lowest BCUT2D eigenvalue weighted by molar-refractivity contribution is 0.901. The highest BCUT2D eigenvalue weighted by molar-refractivity contribution is 7.18. The van der Waals surface area contributed by atoms with Crippen LogP contribution in [-0.2, 0) is 12.8 Å². The Hall–Kier alpha value is -2.01. The van der Waals surface area contributed by atoms with Gasteiger partial charge in [-0.1, -0.05) is 17.4 Å². The molecule has 0 saturated heterocycles. The van der Waals surface area contributed by atoms with Gasteiger partial charge in [0.05, 0.1) is 5.52 Å². The van der Waals surface area contributed by atoms with Gasteiger partial charge >= 0.3 is 0 Å². The molecule has 0 unspecified atom stereocenters. The molecule has 4 rings (SSSR count). The minimum absolute atomic E-state index is 0.520. The first-order valence-corrected chi connectivity index (χ1v) is 7.97. The van der Waals surface area contributed by atoms with E-state index in [0.717, 1.165) is 29.8 Å². The Balaban J connectivity index is 2.16. The van der Waals surface area contributed by atoms with E-state index in [4.69, 9.17) is 10.7 Å². The van der Waals surface area contributed by atoms with Crippen molar-refractivity contribution >= 4 is 27.4 Å². The SMILES string of the molecule is Cc1cc(C)c2c(-c3nnc(N)s3)c3c(nc2c1)CCC3. The fourth-order valence-electron chi connectivity index (χ4n) is 3.35. The van der Waals surface area contributed by atoms with E-state index >= 15 is 0 Å². The summed E-state index contributed by atoms with van der Waals surface area (Å²) in [5.74, 6) is 0. The summed E-state index contributed by atoms with van der Waals surface area (Å²) in [5, 5.41) is 10.9. The lowest BCUT2D eigenvalue weighted by atomic mass is 9.97. The number of pyridine rings is 1. The molecule has 1 aromatic carbocycles. The Morgan fingerprint density at radius 2 is 2.00 bits per heavy atom. The summed E-state index contributed by atoms with van der Waals surface area (Å²) in [6.07, 6.45) is 3.29. The van der Waals surface area contributed by atoms with Crippen LogP contribution in [0.25, 0.3) is 21.5 Å². The molecule has 2 N–H and O–H groups in total. The highest BCUT2D eigenvalue weighted by atomic mass is 32.1. The largest absolute Gasteiger partial charge is 0.374 e. The quantitative estimate of drug-likeness (QED) is 0.747. The smallest absolute Gasteiger partial charge is 0.203 e. The van der Waals surface area contributed by atoms with E-state index in [1.165, 1.54) is 44.7 Å². The van der Waals surface area contributed by atoms with E-state index in [2.05, 4.69) is 36.2 Å². The number of nitrogens with two attached hydrogens (primary N) is 1. The standard InChI is InChI=1S/C16H16N4S/c1-8-6-9(2)13-12(7-8)18-11-5-3-4-10(11)14(13)15-19-20-16(17)21-15/h6-7H,3-5H2,1-2H3,(H2,17,20). The first-order chi connectivity index (χ1) is 10.1. The number of rotatable bonds is 1. The second-order valence-corrected chi connectivity index (χ2v) is 6.70. The van der Waals surface area contributed by atoms with E-state index in [-0.39, 0.29) is 0 Å². The van der Waals surface area contributed by atoms with Crippen LogP contribution >= 0.6 is 11.3 Å². The van der Waals surface area contributed by atoms with Gasteiger partial charge in [0.2, 0.25) is 5.13 Å². The Morgan fingerprint density at radius 1 is 1.14 bits per heavy atom. The molecule has 2 aromatic heterocycles. The number of aromatic nitrogens is 3. The number of aryl methyl sites for hydroxylation is 3. The van der Waals surface area contributed by atoms with Crippen LogP contribution < -0.4 is 5.73 Å². The van der Waals surface area contributed by atoms with Crippen LogP contribution in [0, 0.1) is 13.8 Å². The predicted octanol–water partition coefficient (Wildman–Crippen LogP) is 3.44. The summed E-state index contributed by atoms with van der Waals surface area (Å²) in [5.41, 5.74) is 13.1. The summed E-state index contributed by atoms with van der Waals surface area (Å²) in [6, 6.07) is 4.37. The van der Waals surface area contributed by atoms with Gasteiger partial charge in [-0.2, -0.15) is 0 Å². The van der Waals surface area contributed by atoms with Crippen LogP contribution in [0.3, 0.4) is 0 Å². The van der Waals surface area contributed by atoms with Crippen LogP contribution in [0.1, 0.15) is 28.8 Å². The highest BCUT2D eigenvalue weighted by Crippen LogP contribution is 2.40. The third-order valence-corrected chi connectivity index (χ3v) is 4.88. The Morgan fingerprint density at radius 3 is 2.76 bits per heavy atom. The summed E-state index contributed by atoms with van der Waals surface area (Å²) in [6.45, 7) is 4.26. The van der Waals surface area contributed by atoms with E-state index < -0.39 is 0 Å². The third kappa shape index (κ3) is 1.92. The van der Waals surface area contributed by atoms with Crippen LogP contribution in [-0.4, -0.2) is 15.2 Å². The molecule has 5 heteroatoms. The lowest BCUT2D eigenvalue weighted by Gasteiger charge is -2.13. The van der Waals surface area contributed by atoms with Crippen molar-refractivity contribution in [2.45, 2.75) is 33.1 Å². The zero-order valence-corrected chi connectivity index (χ0v) is 12.9. The molecule has 21 heavy (non-hydrogen) atoms. The van der Waals surface area contributed by atoms with Gasteiger partial charge in [0.1, 0.15) is 0 Å². The fraction of sp³-hybridized carbons (Fsp3) is 0.312. The van der Waals surface area contributed by atoms with Gasteiger partial charge in [-0.05, 0) is 55.9 Å². The molecule has 0 radical (unpaired) electrons. The monoisotopic (exact) mass is 296 g/mol. The molecule has 0 spiro atoms. The van der Waals surface area contributed by atoms with Gasteiger partial charge in [-0.3, -0.25) is 4.98 Å². The number of fused-ring (bicyclic) bond motifs is 2. The summed E-state index contributed by atoms with van der Waals surface area (Å²) >= 11 is 1.46. The van der Waals surface area contributed by atoms with Gasteiger partial charge < -0.3 is 5.73 Å². The Labute approximate surface area is 127 Å². The van der Waals surface area contributed by atoms with Crippen molar-refractivity contribution in [1.82, 2.24) is 15.2 Å². The second-order valence-electron chi connectivity index (χ2n) is 5.69. The van der Waals surface area contributed by atoms with Crippen LogP contribution in [0.15, 0.2) is 12.1 Å². The first-order valence-electron chi connectivity index (χ1n) is 7.15. The minimum Gasteiger partial charge on any atom is -0.374 e. The Kier molecular flexibility index (Phi) is 2.72. The number of anilines is 1. The summed E-state index contributed by atoms with van der Waals surface area (Å²) in [4.78, 5) is 4.90. The number of benzene rings is 1. The molecular weight excluding hydrogens is 280 g/mol. The molecule has 106 valence electrons. The lowest BCUT2D eigenvalue weighted by Crippen LogP contribution is -1.97. The zero-order valence-electron chi connectivity index (χ0n) is 12.1. The van der Waals surface area contributed by atoms with Gasteiger partial charge in [0.25, 0.3) is 0 Å². The van der Waals surface area contributed by atoms with Crippen LogP contribution in [0.5, 0.6) is 0 Å². The number of hydrogen-bond donors (Lipinski definition) is 1. The van der Waals surface area contributed by atoms with Gasteiger partial charge in [0.15, 0.2) is 5.01 Å². The maximum Gasteiger partial charge on any atom is 0.203 e. The molecule has 4 nitrogen and oxygen atoms in total. The van der Waals surface area contributed by atoms with E-state index in [1.807, 2.05) is 0 Å². The van der Waals surface area contributed by atoms with Crippen molar-refractivity contribution < 1.29 is 0 Å². The maximum absolute atomic E-state index is 5.80. The van der Waals surface area contributed by atoms with E-state index in [9.17, 15) is 0 Å². The summed E-state index contributed by atoms with van der Waals surface area (Å²) in [7, 11) is 0. The van der Waals surface area contributed by atoms with Crippen molar-refractivity contribution in [1.29, 1.82) is 0 Å². The first kappa shape index (κ1) is 12.7. The second kappa shape index (κ2) is 4.49. The van der Waals surface area contributed by atoms with Gasteiger partial charge in [-0.15, -0.1) is 10.2 Å². The van der Waals surface area contributed by atoms with Gasteiger partial charge in [0, 0.05) is 16.6 Å². The average Bonchev–Trinajstić information content (AvgIpc) is 3.04. The fourth-order valence-corrected chi connectivity index (χ4v) is 4.04. The van der Waals surface area contributed by atoms with E-state index in [0.29, 0.717) is 5.13 Å². The van der Waals surface area contributed by atoms with Crippen molar-refractivity contribution in [3.05, 3.63) is 34.5 Å². The van der Waals surface area contributed by atoms with Crippen LogP contribution in [0.4, 0.5) is 5.13 Å². The molecule has 0 fully saturated rings.